The van der Waals surface area contributed by atoms with Gasteiger partial charge in [-0.2, -0.15) is 0 Å². The normalized spacial score (nSPS) is 20.2. The van der Waals surface area contributed by atoms with E-state index in [1.54, 1.807) is 44.2 Å². The summed E-state index contributed by atoms with van der Waals surface area (Å²) in [4.78, 5) is 53.1. The lowest BCUT2D eigenvalue weighted by molar-refractivity contribution is -0.138. The highest BCUT2D eigenvalue weighted by molar-refractivity contribution is 6.62. The van der Waals surface area contributed by atoms with E-state index in [4.69, 9.17) is 9.31 Å². The molecule has 41 heavy (non-hydrogen) atoms. The van der Waals surface area contributed by atoms with Crippen molar-refractivity contribution in [3.63, 3.8) is 0 Å². The van der Waals surface area contributed by atoms with Gasteiger partial charge in [-0.3, -0.25) is 19.2 Å². The van der Waals surface area contributed by atoms with Gasteiger partial charge in [0, 0.05) is 29.8 Å². The van der Waals surface area contributed by atoms with Gasteiger partial charge in [0.1, 0.15) is 6.04 Å². The highest BCUT2D eigenvalue weighted by Crippen LogP contribution is 2.24. The van der Waals surface area contributed by atoms with Crippen molar-refractivity contribution < 1.29 is 43.6 Å². The van der Waals surface area contributed by atoms with Crippen molar-refractivity contribution >= 4 is 48.9 Å². The molecule has 3 atom stereocenters. The van der Waals surface area contributed by atoms with Gasteiger partial charge in [-0.1, -0.05) is 26.0 Å². The van der Waals surface area contributed by atoms with Crippen LogP contribution >= 0.6 is 0 Å². The third-order valence-corrected chi connectivity index (χ3v) is 7.85. The Morgan fingerprint density at radius 2 is 1.56 bits per heavy atom. The number of hydrogen-bond donors (Lipinski definition) is 5. The van der Waals surface area contributed by atoms with Crippen LogP contribution < -0.4 is 21.6 Å². The van der Waals surface area contributed by atoms with E-state index in [-0.39, 0.29) is 44.1 Å². The van der Waals surface area contributed by atoms with Gasteiger partial charge in [0.25, 0.3) is 11.8 Å². The lowest BCUT2D eigenvalue weighted by Gasteiger charge is -2.27. The molecule has 3 heterocycles. The van der Waals surface area contributed by atoms with Crippen molar-refractivity contribution in [1.82, 2.24) is 15.5 Å². The molecule has 3 aliphatic heterocycles. The first-order valence-corrected chi connectivity index (χ1v) is 13.5. The summed E-state index contributed by atoms with van der Waals surface area (Å²) in [7, 11) is -2.26. The van der Waals surface area contributed by atoms with E-state index in [2.05, 4.69) is 10.6 Å². The average Bonchev–Trinajstić information content (AvgIpc) is 3.64. The van der Waals surface area contributed by atoms with Crippen LogP contribution in [0.3, 0.4) is 0 Å². The van der Waals surface area contributed by atoms with Crippen molar-refractivity contribution in [2.45, 2.75) is 58.0 Å². The molecular weight excluding hydrogens is 532 g/mol. The zero-order valence-electron chi connectivity index (χ0n) is 22.7. The molecule has 0 aromatic heterocycles. The molecule has 2 aromatic carbocycles. The molecule has 3 amide bonds. The van der Waals surface area contributed by atoms with E-state index in [0.29, 0.717) is 16.5 Å². The first-order chi connectivity index (χ1) is 19.5. The topological polar surface area (TPSA) is 175 Å². The third-order valence-electron chi connectivity index (χ3n) is 7.85. The van der Waals surface area contributed by atoms with Gasteiger partial charge in [-0.15, -0.1) is 0 Å². The van der Waals surface area contributed by atoms with Crippen LogP contribution in [0, 0.1) is 5.92 Å². The largest absolute Gasteiger partial charge is 0.491 e. The molecule has 1 unspecified atom stereocenters. The Morgan fingerprint density at radius 1 is 0.976 bits per heavy atom. The molecule has 14 heteroatoms. The monoisotopic (exact) mass is 563 g/mol. The van der Waals surface area contributed by atoms with E-state index in [0.717, 1.165) is 11.1 Å². The summed E-state index contributed by atoms with van der Waals surface area (Å²) in [5, 5.41) is 35.1. The first kappa shape index (κ1) is 28.8. The molecule has 1 fully saturated rings. The van der Waals surface area contributed by atoms with Crippen LogP contribution in [0.25, 0.3) is 0 Å². The molecule has 0 saturated carbocycles. The minimum absolute atomic E-state index is 0.0285. The molecule has 0 radical (unpaired) electrons. The second-order valence-corrected chi connectivity index (χ2v) is 11.0. The smallest absolute Gasteiger partial charge is 0.481 e. The SMILES string of the molecule is CC(C)[C@@H](CC(=O)O)NC(=O)[C@@H]1CC(NC(=O)c2ccc3c(c2)B(O)OC3)CN1C(=O)c1ccc2c(c1)B(O)OC2. The Hall–Kier alpha value is -3.71. The number of rotatable bonds is 8. The highest BCUT2D eigenvalue weighted by atomic mass is 16.5. The Kier molecular flexibility index (Phi) is 8.18. The summed E-state index contributed by atoms with van der Waals surface area (Å²) in [5.74, 6) is -2.65. The molecular formula is C27H31B2N3O9. The zero-order valence-corrected chi connectivity index (χ0v) is 22.7. The Morgan fingerprint density at radius 3 is 2.15 bits per heavy atom. The van der Waals surface area contributed by atoms with Crippen LogP contribution in [0.5, 0.6) is 0 Å². The molecule has 0 spiro atoms. The number of carbonyl (C=O) groups excluding carboxylic acids is 3. The number of nitrogens with zero attached hydrogens (tertiary/aromatic N) is 1. The van der Waals surface area contributed by atoms with E-state index < -0.39 is 56.1 Å². The quantitative estimate of drug-likeness (QED) is 0.246. The number of carboxylic acid groups (broad SMARTS) is 1. The van der Waals surface area contributed by atoms with Crippen LogP contribution in [0.4, 0.5) is 0 Å². The second kappa shape index (κ2) is 11.6. The predicted molar refractivity (Wildman–Crippen MR) is 147 cm³/mol. The van der Waals surface area contributed by atoms with Gasteiger partial charge < -0.3 is 40.0 Å². The maximum Gasteiger partial charge on any atom is 0.491 e. The third kappa shape index (κ3) is 6.01. The van der Waals surface area contributed by atoms with E-state index in [1.807, 2.05) is 0 Å². The van der Waals surface area contributed by atoms with E-state index in [1.165, 1.54) is 11.0 Å². The molecule has 12 nitrogen and oxygen atoms in total. The molecule has 0 aliphatic carbocycles. The maximum atomic E-state index is 13.7. The lowest BCUT2D eigenvalue weighted by atomic mass is 9.78. The highest BCUT2D eigenvalue weighted by Gasteiger charge is 2.42. The number of hydrogen-bond acceptors (Lipinski definition) is 8. The number of amides is 3. The van der Waals surface area contributed by atoms with Gasteiger partial charge in [-0.25, -0.2) is 0 Å². The van der Waals surface area contributed by atoms with Crippen molar-refractivity contribution in [2.24, 2.45) is 5.92 Å². The summed E-state index contributed by atoms with van der Waals surface area (Å²) >= 11 is 0. The van der Waals surface area contributed by atoms with Crippen LogP contribution in [0.2, 0.25) is 0 Å². The standard InChI is InChI=1S/C27H31B2N3O9/c1-14(2)22(10-24(33)34)31-26(36)23-9-19(30-25(35)15-3-5-17-12-40-28(38)20(17)7-15)11-32(23)27(37)16-4-6-18-13-41-29(39)21(18)8-16/h3-8,14,19,22-23,38-39H,9-13H2,1-2H3,(H,30,35)(H,31,36)(H,33,34)/t19?,22-,23+/m1/s1. The van der Waals surface area contributed by atoms with Crippen LogP contribution in [0.1, 0.15) is 58.5 Å². The Bertz CT molecular complexity index is 1390. The maximum absolute atomic E-state index is 13.7. The minimum atomic E-state index is -1.15. The zero-order chi connectivity index (χ0) is 29.4. The molecule has 2 aromatic rings. The predicted octanol–water partition coefficient (Wildman–Crippen LogP) is -1.25. The van der Waals surface area contributed by atoms with Crippen molar-refractivity contribution in [3.8, 4) is 0 Å². The molecule has 5 rings (SSSR count). The number of benzene rings is 2. The summed E-state index contributed by atoms with van der Waals surface area (Å²) in [5.41, 5.74) is 3.08. The number of fused-ring (bicyclic) bond motifs is 2. The number of nitrogens with one attached hydrogen (secondary N) is 2. The average molecular weight is 563 g/mol. The minimum Gasteiger partial charge on any atom is -0.481 e. The number of carbonyl (C=O) groups is 4. The summed E-state index contributed by atoms with van der Waals surface area (Å²) in [6.45, 7) is 4.09. The first-order valence-electron chi connectivity index (χ1n) is 13.5. The number of aliphatic carboxylic acids is 1. The van der Waals surface area contributed by atoms with Gasteiger partial charge in [-0.05, 0) is 58.7 Å². The fourth-order valence-corrected chi connectivity index (χ4v) is 5.47. The van der Waals surface area contributed by atoms with Crippen molar-refractivity contribution in [2.75, 3.05) is 6.54 Å². The molecule has 3 aliphatic rings. The summed E-state index contributed by atoms with van der Waals surface area (Å²) < 4.78 is 10.4. The second-order valence-electron chi connectivity index (χ2n) is 11.0. The lowest BCUT2D eigenvalue weighted by Crippen LogP contribution is -2.50. The van der Waals surface area contributed by atoms with E-state index in [9.17, 15) is 34.3 Å². The van der Waals surface area contributed by atoms with Gasteiger partial charge in [0.05, 0.1) is 19.6 Å². The van der Waals surface area contributed by atoms with Crippen molar-refractivity contribution in [1.29, 1.82) is 0 Å². The molecule has 1 saturated heterocycles. The van der Waals surface area contributed by atoms with E-state index >= 15 is 0 Å². The Labute approximate surface area is 237 Å². The summed E-state index contributed by atoms with van der Waals surface area (Å²) in [6, 6.07) is 7.50. The molecule has 214 valence electrons. The molecule has 0 bridgehead atoms. The number of carboxylic acids is 1. The van der Waals surface area contributed by atoms with Crippen LogP contribution in [-0.4, -0.2) is 82.7 Å². The fourth-order valence-electron chi connectivity index (χ4n) is 5.47. The van der Waals surface area contributed by atoms with Crippen LogP contribution in [-0.2, 0) is 32.1 Å². The summed E-state index contributed by atoms with van der Waals surface area (Å²) in [6.07, 6.45) is -0.171. The van der Waals surface area contributed by atoms with Crippen LogP contribution in [0.15, 0.2) is 36.4 Å². The van der Waals surface area contributed by atoms with Gasteiger partial charge in [0.2, 0.25) is 5.91 Å². The Balaban J connectivity index is 1.37. The van der Waals surface area contributed by atoms with Gasteiger partial charge >= 0.3 is 20.2 Å². The van der Waals surface area contributed by atoms with Crippen molar-refractivity contribution in [3.05, 3.63) is 58.7 Å². The molecule has 5 N–H and O–H groups in total. The number of likely N-dealkylation sites (tertiary alicyclic amines) is 1. The van der Waals surface area contributed by atoms with Gasteiger partial charge in [0.15, 0.2) is 0 Å². The fraction of sp³-hybridized carbons (Fsp3) is 0.407.